The topological polar surface area (TPSA) is 12.0 Å². The predicted molar refractivity (Wildman–Crippen MR) is 63.2 cm³/mol. The van der Waals surface area contributed by atoms with Crippen molar-refractivity contribution in [1.82, 2.24) is 5.32 Å². The summed E-state index contributed by atoms with van der Waals surface area (Å²) in [4.78, 5) is 0. The molecule has 0 spiro atoms. The van der Waals surface area contributed by atoms with Crippen molar-refractivity contribution >= 4 is 11.8 Å². The van der Waals surface area contributed by atoms with Gasteiger partial charge in [-0.3, -0.25) is 0 Å². The average molecular weight is 199 g/mol. The molecule has 0 aliphatic rings. The molecule has 0 saturated heterocycles. The summed E-state index contributed by atoms with van der Waals surface area (Å²) in [5.74, 6) is 3.95. The van der Waals surface area contributed by atoms with Crippen LogP contribution in [0.2, 0.25) is 0 Å². The van der Waals surface area contributed by atoms with Crippen LogP contribution in [-0.2, 0) is 0 Å². The fraction of sp³-hybridized carbons (Fsp3) is 0.818. The summed E-state index contributed by atoms with van der Waals surface area (Å²) < 4.78 is 0. The molecule has 0 aromatic rings. The van der Waals surface area contributed by atoms with Crippen LogP contribution in [0.5, 0.6) is 0 Å². The van der Waals surface area contributed by atoms with Crippen molar-refractivity contribution in [3.05, 3.63) is 0 Å². The molecule has 0 aliphatic heterocycles. The van der Waals surface area contributed by atoms with Crippen molar-refractivity contribution in [2.75, 3.05) is 25.1 Å². The number of hydrogen-bond donors (Lipinski definition) is 1. The minimum absolute atomic E-state index is 0.902. The fourth-order valence-electron chi connectivity index (χ4n) is 1.11. The van der Waals surface area contributed by atoms with Crippen molar-refractivity contribution in [2.24, 2.45) is 0 Å². The Morgan fingerprint density at radius 2 is 1.92 bits per heavy atom. The molecular formula is C11H21NS. The number of unbranched alkanes of at least 4 members (excludes halogenated alkanes) is 3. The third-order valence-corrected chi connectivity index (χ3v) is 2.57. The van der Waals surface area contributed by atoms with Gasteiger partial charge in [0.1, 0.15) is 0 Å². The second-order valence-corrected chi connectivity index (χ2v) is 4.10. The van der Waals surface area contributed by atoms with Crippen molar-refractivity contribution in [1.29, 1.82) is 0 Å². The van der Waals surface area contributed by atoms with Crippen LogP contribution in [0.1, 0.15) is 32.1 Å². The lowest BCUT2D eigenvalue weighted by Gasteiger charge is -2.02. The highest BCUT2D eigenvalue weighted by atomic mass is 32.2. The Morgan fingerprint density at radius 3 is 2.62 bits per heavy atom. The van der Waals surface area contributed by atoms with Crippen LogP contribution in [0, 0.1) is 12.3 Å². The molecule has 13 heavy (non-hydrogen) atoms. The molecule has 0 heterocycles. The highest BCUT2D eigenvalue weighted by molar-refractivity contribution is 7.98. The maximum Gasteiger partial charge on any atom is 0.00981 e. The number of thioether (sulfide) groups is 1. The molecule has 0 rings (SSSR count). The summed E-state index contributed by atoms with van der Waals surface area (Å²) in [6.07, 6.45) is 13.3. The van der Waals surface area contributed by atoms with Gasteiger partial charge >= 0.3 is 0 Å². The Labute approximate surface area is 87.1 Å². The van der Waals surface area contributed by atoms with Crippen LogP contribution in [0.15, 0.2) is 0 Å². The molecule has 0 atom stereocenters. The van der Waals surface area contributed by atoms with Crippen molar-refractivity contribution in [3.63, 3.8) is 0 Å². The van der Waals surface area contributed by atoms with Gasteiger partial charge in [-0.25, -0.2) is 0 Å². The minimum Gasteiger partial charge on any atom is -0.317 e. The lowest BCUT2D eigenvalue weighted by atomic mass is 10.2. The van der Waals surface area contributed by atoms with Crippen molar-refractivity contribution < 1.29 is 0 Å². The van der Waals surface area contributed by atoms with Crippen LogP contribution in [0.25, 0.3) is 0 Å². The number of hydrogen-bond acceptors (Lipinski definition) is 2. The summed E-state index contributed by atoms with van der Waals surface area (Å²) >= 11 is 1.93. The van der Waals surface area contributed by atoms with Gasteiger partial charge in [0.25, 0.3) is 0 Å². The van der Waals surface area contributed by atoms with Gasteiger partial charge in [0.2, 0.25) is 0 Å². The van der Waals surface area contributed by atoms with Crippen molar-refractivity contribution in [2.45, 2.75) is 32.1 Å². The van der Waals surface area contributed by atoms with E-state index in [9.17, 15) is 0 Å². The van der Waals surface area contributed by atoms with Gasteiger partial charge in [0.15, 0.2) is 0 Å². The smallest absolute Gasteiger partial charge is 0.00981 e. The predicted octanol–water partition coefficient (Wildman–Crippen LogP) is 2.52. The standard InChI is InChI=1S/C11H21NS/c1-3-4-6-9-12-10-7-5-8-11-13-2/h1,12H,4-11H2,2H3. The zero-order chi connectivity index (χ0) is 9.78. The molecule has 0 fully saturated rings. The molecule has 0 aromatic carbocycles. The van der Waals surface area contributed by atoms with Gasteiger partial charge in [-0.15, -0.1) is 12.3 Å². The zero-order valence-corrected chi connectivity index (χ0v) is 9.46. The van der Waals surface area contributed by atoms with E-state index in [0.29, 0.717) is 0 Å². The number of terminal acetylenes is 1. The fourth-order valence-corrected chi connectivity index (χ4v) is 1.61. The van der Waals surface area contributed by atoms with Crippen LogP contribution in [0.4, 0.5) is 0 Å². The second kappa shape index (κ2) is 11.9. The first-order chi connectivity index (χ1) is 6.41. The van der Waals surface area contributed by atoms with Crippen molar-refractivity contribution in [3.8, 4) is 12.3 Å². The van der Waals surface area contributed by atoms with E-state index in [2.05, 4.69) is 17.5 Å². The van der Waals surface area contributed by atoms with E-state index in [4.69, 9.17) is 6.42 Å². The minimum atomic E-state index is 0.902. The lowest BCUT2D eigenvalue weighted by molar-refractivity contribution is 0.605. The Balaban J connectivity index is 2.80. The SMILES string of the molecule is C#CCCCNCCCCCSC. The van der Waals surface area contributed by atoms with Crippen LogP contribution < -0.4 is 5.32 Å². The van der Waals surface area contributed by atoms with Gasteiger partial charge in [-0.05, 0) is 44.4 Å². The van der Waals surface area contributed by atoms with Gasteiger partial charge < -0.3 is 5.32 Å². The van der Waals surface area contributed by atoms with Gasteiger partial charge in [0.05, 0.1) is 0 Å². The molecule has 0 aromatic heterocycles. The molecule has 1 nitrogen and oxygen atoms in total. The monoisotopic (exact) mass is 199 g/mol. The third-order valence-electron chi connectivity index (χ3n) is 1.88. The van der Waals surface area contributed by atoms with E-state index in [1.807, 2.05) is 11.8 Å². The first-order valence-electron chi connectivity index (χ1n) is 5.05. The Bertz CT molecular complexity index is 129. The van der Waals surface area contributed by atoms with E-state index >= 15 is 0 Å². The Kier molecular flexibility index (Phi) is 11.8. The molecule has 1 N–H and O–H groups in total. The highest BCUT2D eigenvalue weighted by Gasteiger charge is 1.89. The Morgan fingerprint density at radius 1 is 1.15 bits per heavy atom. The molecule has 2 heteroatoms. The van der Waals surface area contributed by atoms with Crippen LogP contribution in [-0.4, -0.2) is 25.1 Å². The van der Waals surface area contributed by atoms with E-state index in [0.717, 1.165) is 25.9 Å². The summed E-state index contributed by atoms with van der Waals surface area (Å²) in [5, 5.41) is 3.39. The summed E-state index contributed by atoms with van der Waals surface area (Å²) in [7, 11) is 0. The average Bonchev–Trinajstić information content (AvgIpc) is 2.16. The number of nitrogens with one attached hydrogen (secondary N) is 1. The normalized spacial score (nSPS) is 9.85. The van der Waals surface area contributed by atoms with Gasteiger partial charge in [-0.1, -0.05) is 6.42 Å². The molecule has 76 valence electrons. The van der Waals surface area contributed by atoms with Crippen LogP contribution in [0.3, 0.4) is 0 Å². The summed E-state index contributed by atoms with van der Waals surface area (Å²) in [5.41, 5.74) is 0. The number of rotatable bonds is 9. The quantitative estimate of drug-likeness (QED) is 0.452. The zero-order valence-electron chi connectivity index (χ0n) is 8.64. The Hall–Kier alpha value is -0.130. The first kappa shape index (κ1) is 12.9. The summed E-state index contributed by atoms with van der Waals surface area (Å²) in [6.45, 7) is 2.23. The highest BCUT2D eigenvalue weighted by Crippen LogP contribution is 2.01. The third kappa shape index (κ3) is 11.9. The molecule has 0 aliphatic carbocycles. The van der Waals surface area contributed by atoms with Gasteiger partial charge in [0, 0.05) is 6.42 Å². The molecule has 0 radical (unpaired) electrons. The van der Waals surface area contributed by atoms with Crippen LogP contribution >= 0.6 is 11.8 Å². The first-order valence-corrected chi connectivity index (χ1v) is 6.44. The van der Waals surface area contributed by atoms with E-state index < -0.39 is 0 Å². The summed E-state index contributed by atoms with van der Waals surface area (Å²) in [6, 6.07) is 0. The maximum atomic E-state index is 5.14. The molecule has 0 saturated carbocycles. The van der Waals surface area contributed by atoms with E-state index in [1.54, 1.807) is 0 Å². The van der Waals surface area contributed by atoms with E-state index in [-0.39, 0.29) is 0 Å². The molecule has 0 bridgehead atoms. The second-order valence-electron chi connectivity index (χ2n) is 3.11. The van der Waals surface area contributed by atoms with E-state index in [1.165, 1.54) is 25.0 Å². The molecule has 0 unspecified atom stereocenters. The van der Waals surface area contributed by atoms with Gasteiger partial charge in [-0.2, -0.15) is 11.8 Å². The molecular weight excluding hydrogens is 178 g/mol. The maximum absolute atomic E-state index is 5.14. The molecule has 0 amide bonds. The lowest BCUT2D eigenvalue weighted by Crippen LogP contribution is -2.16. The largest absolute Gasteiger partial charge is 0.317 e.